The van der Waals surface area contributed by atoms with Gasteiger partial charge in [-0.2, -0.15) is 0 Å². The zero-order valence-electron chi connectivity index (χ0n) is 13.3. The Hall–Kier alpha value is -2.45. The van der Waals surface area contributed by atoms with Crippen LogP contribution in [0.1, 0.15) is 23.0 Å². The number of thioether (sulfide) groups is 1. The molecule has 0 aliphatic rings. The van der Waals surface area contributed by atoms with Crippen LogP contribution in [0.2, 0.25) is 0 Å². The van der Waals surface area contributed by atoms with Gasteiger partial charge in [-0.05, 0) is 19.1 Å². The van der Waals surface area contributed by atoms with Crippen LogP contribution < -0.4 is 10.9 Å². The maximum atomic E-state index is 12.1. The molecule has 24 heavy (non-hydrogen) atoms. The van der Waals surface area contributed by atoms with Gasteiger partial charge in [0, 0.05) is 18.7 Å². The van der Waals surface area contributed by atoms with Crippen LogP contribution in [0.5, 0.6) is 0 Å². The summed E-state index contributed by atoms with van der Waals surface area (Å²) < 4.78 is 4.94. The monoisotopic (exact) mass is 347 g/mol. The van der Waals surface area contributed by atoms with Gasteiger partial charge in [-0.15, -0.1) is 0 Å². The Bertz CT molecular complexity index is 804. The van der Waals surface area contributed by atoms with Crippen LogP contribution in [0.3, 0.4) is 0 Å². The number of para-hydroxylation sites is 1. The van der Waals surface area contributed by atoms with Crippen molar-refractivity contribution < 1.29 is 14.3 Å². The van der Waals surface area contributed by atoms with E-state index in [0.717, 1.165) is 11.8 Å². The van der Waals surface area contributed by atoms with Gasteiger partial charge in [-0.3, -0.25) is 14.4 Å². The van der Waals surface area contributed by atoms with E-state index in [1.807, 2.05) is 0 Å². The third-order valence-corrected chi connectivity index (χ3v) is 3.86. The number of amides is 1. The summed E-state index contributed by atoms with van der Waals surface area (Å²) in [6, 6.07) is 8.13. The number of aromatic amines is 1. The van der Waals surface area contributed by atoms with Crippen LogP contribution in [-0.4, -0.2) is 34.5 Å². The number of methoxy groups -OCH3 is 1. The summed E-state index contributed by atoms with van der Waals surface area (Å²) in [5, 5.41) is 3.03. The Labute approximate surface area is 142 Å². The number of nitrogens with zero attached hydrogens (tertiary/aromatic N) is 1. The molecule has 2 rings (SSSR count). The lowest BCUT2D eigenvalue weighted by Gasteiger charge is -2.09. The molecule has 0 radical (unpaired) electrons. The minimum Gasteiger partial charge on any atom is -0.378 e. The first-order chi connectivity index (χ1) is 11.5. The number of ketones is 1. The number of hydrogen-bond acceptors (Lipinski definition) is 6. The summed E-state index contributed by atoms with van der Waals surface area (Å²) in [4.78, 5) is 41.9. The molecular formula is C16H17N3O4S. The van der Waals surface area contributed by atoms with E-state index in [4.69, 9.17) is 4.74 Å². The SMILES string of the molecule is COCc1cc(=O)[nH]c(SCC(=O)Nc2ccccc2C(C)=O)n1. The number of Topliss-reactive ketones (excluding diaryl/α,β-unsaturated/α-hetero) is 1. The molecule has 1 heterocycles. The number of nitrogens with one attached hydrogen (secondary N) is 2. The summed E-state index contributed by atoms with van der Waals surface area (Å²) in [5.74, 6) is -0.378. The Morgan fingerprint density at radius 2 is 2.08 bits per heavy atom. The fraction of sp³-hybridized carbons (Fsp3) is 0.250. The molecule has 0 saturated heterocycles. The van der Waals surface area contributed by atoms with Crippen molar-refractivity contribution >= 4 is 29.1 Å². The molecule has 7 nitrogen and oxygen atoms in total. The van der Waals surface area contributed by atoms with Crippen LogP contribution >= 0.6 is 11.8 Å². The van der Waals surface area contributed by atoms with Crippen LogP contribution in [0.25, 0.3) is 0 Å². The molecule has 0 bridgehead atoms. The van der Waals surface area contributed by atoms with Crippen molar-refractivity contribution in [3.63, 3.8) is 0 Å². The van der Waals surface area contributed by atoms with E-state index in [0.29, 0.717) is 22.1 Å². The van der Waals surface area contributed by atoms with Gasteiger partial charge in [0.15, 0.2) is 10.9 Å². The highest BCUT2D eigenvalue weighted by molar-refractivity contribution is 7.99. The fourth-order valence-corrected chi connectivity index (χ4v) is 2.69. The summed E-state index contributed by atoms with van der Waals surface area (Å²) in [6.07, 6.45) is 0. The number of carbonyl (C=O) groups is 2. The quantitative estimate of drug-likeness (QED) is 0.450. The average Bonchev–Trinajstić information content (AvgIpc) is 2.53. The first-order valence-corrected chi connectivity index (χ1v) is 8.10. The lowest BCUT2D eigenvalue weighted by molar-refractivity contribution is -0.113. The van der Waals surface area contributed by atoms with Crippen LogP contribution in [-0.2, 0) is 16.1 Å². The van der Waals surface area contributed by atoms with E-state index in [1.54, 1.807) is 24.3 Å². The van der Waals surface area contributed by atoms with E-state index in [-0.39, 0.29) is 29.6 Å². The van der Waals surface area contributed by atoms with Crippen LogP contribution in [0.15, 0.2) is 40.3 Å². The lowest BCUT2D eigenvalue weighted by Crippen LogP contribution is -2.17. The number of ether oxygens (including phenoxy) is 1. The molecule has 1 aromatic carbocycles. The van der Waals surface area contributed by atoms with Gasteiger partial charge in [-0.1, -0.05) is 23.9 Å². The first kappa shape index (κ1) is 17.9. The Kier molecular flexibility index (Phi) is 6.28. The van der Waals surface area contributed by atoms with Gasteiger partial charge in [-0.25, -0.2) is 4.98 Å². The second kappa shape index (κ2) is 8.42. The zero-order chi connectivity index (χ0) is 17.5. The summed E-state index contributed by atoms with van der Waals surface area (Å²) in [7, 11) is 1.51. The normalized spacial score (nSPS) is 10.4. The number of aromatic nitrogens is 2. The molecule has 2 N–H and O–H groups in total. The molecule has 0 fully saturated rings. The minimum atomic E-state index is -0.304. The van der Waals surface area contributed by atoms with Crippen molar-refractivity contribution in [3.05, 3.63) is 51.9 Å². The molecule has 0 unspecified atom stereocenters. The Balaban J connectivity index is 2.02. The van der Waals surface area contributed by atoms with Crippen molar-refractivity contribution in [3.8, 4) is 0 Å². The van der Waals surface area contributed by atoms with E-state index < -0.39 is 0 Å². The zero-order valence-corrected chi connectivity index (χ0v) is 14.1. The van der Waals surface area contributed by atoms with Crippen LogP contribution in [0.4, 0.5) is 5.69 Å². The molecule has 0 aliphatic heterocycles. The minimum absolute atomic E-state index is 0.0472. The van der Waals surface area contributed by atoms with Crippen molar-refractivity contribution in [2.45, 2.75) is 18.7 Å². The van der Waals surface area contributed by atoms with Gasteiger partial charge < -0.3 is 15.0 Å². The first-order valence-electron chi connectivity index (χ1n) is 7.11. The van der Waals surface area contributed by atoms with Crippen molar-refractivity contribution in [1.82, 2.24) is 9.97 Å². The summed E-state index contributed by atoms with van der Waals surface area (Å²) >= 11 is 1.10. The van der Waals surface area contributed by atoms with Gasteiger partial charge in [0.25, 0.3) is 5.56 Å². The Morgan fingerprint density at radius 3 is 2.79 bits per heavy atom. The van der Waals surface area contributed by atoms with Gasteiger partial charge >= 0.3 is 0 Å². The van der Waals surface area contributed by atoms with Gasteiger partial charge in [0.2, 0.25) is 5.91 Å². The Morgan fingerprint density at radius 1 is 1.33 bits per heavy atom. The standard InChI is InChI=1S/C16H17N3O4S/c1-10(20)12-5-3-4-6-13(12)18-15(22)9-24-16-17-11(8-23-2)7-14(21)19-16/h3-7H,8-9H2,1-2H3,(H,18,22)(H,17,19,21). The molecule has 0 atom stereocenters. The maximum absolute atomic E-state index is 12.1. The molecule has 1 amide bonds. The second-order valence-corrected chi connectivity index (χ2v) is 5.88. The topological polar surface area (TPSA) is 101 Å². The third kappa shape index (κ3) is 5.04. The van der Waals surface area contributed by atoms with Crippen molar-refractivity contribution in [2.75, 3.05) is 18.2 Å². The highest BCUT2D eigenvalue weighted by Gasteiger charge is 2.11. The molecule has 0 spiro atoms. The number of hydrogen-bond donors (Lipinski definition) is 2. The highest BCUT2D eigenvalue weighted by Crippen LogP contribution is 2.17. The maximum Gasteiger partial charge on any atom is 0.251 e. The number of rotatable bonds is 7. The van der Waals surface area contributed by atoms with Crippen LogP contribution in [0, 0.1) is 0 Å². The fourth-order valence-electron chi connectivity index (χ4n) is 1.99. The smallest absolute Gasteiger partial charge is 0.251 e. The molecule has 0 aliphatic carbocycles. The van der Waals surface area contributed by atoms with Gasteiger partial charge in [0.1, 0.15) is 0 Å². The van der Waals surface area contributed by atoms with Crippen molar-refractivity contribution in [1.29, 1.82) is 0 Å². The number of carbonyl (C=O) groups excluding carboxylic acids is 2. The molecular weight excluding hydrogens is 330 g/mol. The third-order valence-electron chi connectivity index (χ3n) is 2.99. The highest BCUT2D eigenvalue weighted by atomic mass is 32.2. The molecule has 2 aromatic rings. The molecule has 8 heteroatoms. The van der Waals surface area contributed by atoms with Crippen molar-refractivity contribution in [2.24, 2.45) is 0 Å². The lowest BCUT2D eigenvalue weighted by atomic mass is 10.1. The van der Waals surface area contributed by atoms with Gasteiger partial charge in [0.05, 0.1) is 23.7 Å². The summed E-state index contributed by atoms with van der Waals surface area (Å²) in [6.45, 7) is 1.66. The predicted octanol–water partition coefficient (Wildman–Crippen LogP) is 1.85. The van der Waals surface area contributed by atoms with E-state index in [1.165, 1.54) is 20.1 Å². The van der Waals surface area contributed by atoms with E-state index in [2.05, 4.69) is 15.3 Å². The van der Waals surface area contributed by atoms with E-state index in [9.17, 15) is 14.4 Å². The number of anilines is 1. The molecule has 1 aromatic heterocycles. The average molecular weight is 347 g/mol. The number of benzene rings is 1. The second-order valence-electron chi connectivity index (χ2n) is 4.91. The predicted molar refractivity (Wildman–Crippen MR) is 91.4 cm³/mol. The number of H-pyrrole nitrogens is 1. The molecule has 0 saturated carbocycles. The van der Waals surface area contributed by atoms with E-state index >= 15 is 0 Å². The summed E-state index contributed by atoms with van der Waals surface area (Å²) in [5.41, 5.74) is 1.10. The largest absolute Gasteiger partial charge is 0.378 e. The molecule has 126 valence electrons.